The molecule has 0 fully saturated rings. The Bertz CT molecular complexity index is 2210. The zero-order valence-corrected chi connectivity index (χ0v) is 26.1. The van der Waals surface area contributed by atoms with Crippen LogP contribution in [0.5, 0.6) is 0 Å². The lowest BCUT2D eigenvalue weighted by Crippen LogP contribution is -2.29. The molecular formula is C40H32BNO2S. The predicted molar refractivity (Wildman–Crippen MR) is 192 cm³/mol. The van der Waals surface area contributed by atoms with Gasteiger partial charge in [0.05, 0.1) is 10.4 Å². The second kappa shape index (κ2) is 10.7. The van der Waals surface area contributed by atoms with E-state index in [0.29, 0.717) is 5.46 Å². The molecule has 2 N–H and O–H groups in total. The molecule has 0 aliphatic heterocycles. The van der Waals surface area contributed by atoms with Gasteiger partial charge in [-0.2, -0.15) is 0 Å². The summed E-state index contributed by atoms with van der Waals surface area (Å²) in [5.41, 5.74) is 11.4. The van der Waals surface area contributed by atoms with Crippen molar-refractivity contribution in [1.82, 2.24) is 0 Å². The molecule has 3 nitrogen and oxygen atoms in total. The summed E-state index contributed by atoms with van der Waals surface area (Å²) in [6.45, 7) is 4.65. The highest BCUT2D eigenvalue weighted by molar-refractivity contribution is 7.26. The summed E-state index contributed by atoms with van der Waals surface area (Å²) in [4.78, 5) is 2.40. The topological polar surface area (TPSA) is 43.7 Å². The Morgan fingerprint density at radius 3 is 2.36 bits per heavy atom. The Morgan fingerprint density at radius 1 is 0.711 bits per heavy atom. The van der Waals surface area contributed by atoms with Gasteiger partial charge in [-0.05, 0) is 75.6 Å². The van der Waals surface area contributed by atoms with Crippen molar-refractivity contribution in [3.8, 4) is 11.1 Å². The molecule has 0 bridgehead atoms. The van der Waals surface area contributed by atoms with Crippen LogP contribution in [0.3, 0.4) is 0 Å². The van der Waals surface area contributed by atoms with E-state index in [1.165, 1.54) is 33.4 Å². The zero-order valence-electron chi connectivity index (χ0n) is 25.2. The van der Waals surface area contributed by atoms with E-state index in [1.807, 2.05) is 12.1 Å². The molecular weight excluding hydrogens is 569 g/mol. The summed E-state index contributed by atoms with van der Waals surface area (Å²) in [5.74, 6) is 0. The van der Waals surface area contributed by atoms with E-state index in [2.05, 4.69) is 134 Å². The molecule has 5 aromatic carbocycles. The smallest absolute Gasteiger partial charge is 0.423 e. The number of fused-ring (bicyclic) bond motifs is 6. The van der Waals surface area contributed by atoms with Gasteiger partial charge in [-0.15, -0.1) is 11.3 Å². The lowest BCUT2D eigenvalue weighted by Gasteiger charge is -2.29. The van der Waals surface area contributed by atoms with Gasteiger partial charge in [0.1, 0.15) is 0 Å². The van der Waals surface area contributed by atoms with E-state index in [-0.39, 0.29) is 5.41 Å². The van der Waals surface area contributed by atoms with Gasteiger partial charge in [-0.25, -0.2) is 0 Å². The Morgan fingerprint density at radius 2 is 1.51 bits per heavy atom. The zero-order chi connectivity index (χ0) is 30.7. The van der Waals surface area contributed by atoms with Crippen LogP contribution < -0.4 is 10.4 Å². The van der Waals surface area contributed by atoms with E-state index in [1.54, 1.807) is 17.4 Å². The summed E-state index contributed by atoms with van der Waals surface area (Å²) in [6.07, 6.45) is 9.89. The summed E-state index contributed by atoms with van der Waals surface area (Å²) in [7, 11) is -1.50. The van der Waals surface area contributed by atoms with Crippen molar-refractivity contribution >= 4 is 61.0 Å². The van der Waals surface area contributed by atoms with Crippen LogP contribution in [0.1, 0.15) is 37.0 Å². The van der Waals surface area contributed by atoms with Crippen molar-refractivity contribution < 1.29 is 10.0 Å². The highest BCUT2D eigenvalue weighted by Crippen LogP contribution is 2.51. The first-order chi connectivity index (χ1) is 21.9. The number of rotatable bonds is 5. The van der Waals surface area contributed by atoms with Crippen LogP contribution in [0.25, 0.3) is 36.9 Å². The minimum atomic E-state index is -1.50. The maximum atomic E-state index is 9.90. The second-order valence-corrected chi connectivity index (χ2v) is 13.4. The lowest BCUT2D eigenvalue weighted by molar-refractivity contribution is 0.426. The third-order valence-corrected chi connectivity index (χ3v) is 10.5. The van der Waals surface area contributed by atoms with E-state index < -0.39 is 7.12 Å². The number of hydrogen-bond donors (Lipinski definition) is 2. The van der Waals surface area contributed by atoms with Gasteiger partial charge in [0, 0.05) is 32.3 Å². The molecule has 8 rings (SSSR count). The second-order valence-electron chi connectivity index (χ2n) is 12.3. The summed E-state index contributed by atoms with van der Waals surface area (Å²) < 4.78 is 2.28. The van der Waals surface area contributed by atoms with Crippen LogP contribution >= 0.6 is 11.3 Å². The molecule has 2 aliphatic carbocycles. The van der Waals surface area contributed by atoms with Crippen LogP contribution in [0.2, 0.25) is 0 Å². The molecule has 0 unspecified atom stereocenters. The number of hydrogen-bond acceptors (Lipinski definition) is 4. The molecule has 0 amide bonds. The molecule has 0 saturated heterocycles. The first kappa shape index (κ1) is 27.8. The summed E-state index contributed by atoms with van der Waals surface area (Å²) in [6, 6.07) is 38.4. The first-order valence-corrected chi connectivity index (χ1v) is 16.2. The van der Waals surface area contributed by atoms with Gasteiger partial charge < -0.3 is 14.9 Å². The number of thiophene rings is 1. The molecule has 5 heteroatoms. The quantitative estimate of drug-likeness (QED) is 0.194. The molecule has 2 aliphatic rings. The van der Waals surface area contributed by atoms with Gasteiger partial charge in [-0.3, -0.25) is 0 Å². The van der Waals surface area contributed by atoms with Crippen LogP contribution in [0, 0.1) is 0 Å². The Hall–Kier alpha value is -4.68. The maximum Gasteiger partial charge on any atom is 0.488 e. The average Bonchev–Trinajstić information content (AvgIpc) is 3.41. The highest BCUT2D eigenvalue weighted by Gasteiger charge is 2.36. The molecule has 6 aromatic rings. The number of nitrogens with zero attached hydrogens (tertiary/aromatic N) is 1. The largest absolute Gasteiger partial charge is 0.488 e. The lowest BCUT2D eigenvalue weighted by atomic mass is 9.80. The maximum absolute atomic E-state index is 9.90. The minimum Gasteiger partial charge on any atom is -0.423 e. The van der Waals surface area contributed by atoms with Gasteiger partial charge >= 0.3 is 7.12 Å². The predicted octanol–water partition coefficient (Wildman–Crippen LogP) is 9.11. The molecule has 45 heavy (non-hydrogen) atoms. The van der Waals surface area contributed by atoms with Crippen molar-refractivity contribution in [2.75, 3.05) is 4.90 Å². The van der Waals surface area contributed by atoms with Gasteiger partial charge in [-0.1, -0.05) is 117 Å². The molecule has 0 atom stereocenters. The van der Waals surface area contributed by atoms with Crippen molar-refractivity contribution in [2.45, 2.75) is 25.7 Å². The number of anilines is 2. The monoisotopic (exact) mass is 601 g/mol. The van der Waals surface area contributed by atoms with Gasteiger partial charge in [0.15, 0.2) is 0 Å². The van der Waals surface area contributed by atoms with Crippen LogP contribution in [-0.4, -0.2) is 17.2 Å². The SMILES string of the molecule is CC1(C)c2ccccc2-c2ccc(N(C3=CCC=C(c4ccccc4)C=C3)c3cccc4c3sc3ccc(B(O)O)cc34)cc21. The fourth-order valence-electron chi connectivity index (χ4n) is 7.02. The normalized spacial score (nSPS) is 14.9. The summed E-state index contributed by atoms with van der Waals surface area (Å²) in [5, 5.41) is 21.9. The Labute approximate surface area is 267 Å². The Balaban J connectivity index is 1.32. The average molecular weight is 602 g/mol. The minimum absolute atomic E-state index is 0.117. The standard InChI is InChI=1S/C40H32BNO2S/c1-40(2)35-16-7-6-14-31(35)32-22-21-30(25-36(32)40)42(29-13-8-12-27(18-20-29)26-10-4-3-5-11-26)37-17-9-15-33-34-24-28(41(43)44)19-23-38(34)45-39(33)37/h3-7,9-25,43-44H,8H2,1-2H3. The van der Waals surface area contributed by atoms with Crippen LogP contribution in [0.4, 0.5) is 11.4 Å². The Kier molecular flexibility index (Phi) is 6.65. The van der Waals surface area contributed by atoms with Gasteiger partial charge in [0.25, 0.3) is 0 Å². The molecule has 218 valence electrons. The molecule has 1 heterocycles. The third-order valence-electron chi connectivity index (χ3n) is 9.33. The summed E-state index contributed by atoms with van der Waals surface area (Å²) >= 11 is 1.74. The van der Waals surface area contributed by atoms with Crippen LogP contribution in [-0.2, 0) is 5.41 Å². The molecule has 0 radical (unpaired) electrons. The number of allylic oxidation sites excluding steroid dienone is 5. The van der Waals surface area contributed by atoms with Crippen molar-refractivity contribution in [3.63, 3.8) is 0 Å². The van der Waals surface area contributed by atoms with E-state index in [9.17, 15) is 10.0 Å². The van der Waals surface area contributed by atoms with E-state index in [0.717, 1.165) is 43.7 Å². The molecule has 0 saturated carbocycles. The van der Waals surface area contributed by atoms with E-state index in [4.69, 9.17) is 0 Å². The number of benzene rings is 5. The fourth-order valence-corrected chi connectivity index (χ4v) is 8.21. The first-order valence-electron chi connectivity index (χ1n) is 15.4. The van der Waals surface area contributed by atoms with Gasteiger partial charge in [0.2, 0.25) is 0 Å². The van der Waals surface area contributed by atoms with E-state index >= 15 is 0 Å². The fraction of sp³-hybridized carbons (Fsp3) is 0.100. The van der Waals surface area contributed by atoms with Crippen molar-refractivity contribution in [1.29, 1.82) is 0 Å². The highest BCUT2D eigenvalue weighted by atomic mass is 32.1. The molecule has 1 aromatic heterocycles. The van der Waals surface area contributed by atoms with Crippen LogP contribution in [0.15, 0.2) is 139 Å². The van der Waals surface area contributed by atoms with Crippen molar-refractivity contribution in [2.24, 2.45) is 0 Å². The third kappa shape index (κ3) is 4.58. The van der Waals surface area contributed by atoms with Crippen molar-refractivity contribution in [3.05, 3.63) is 156 Å². The molecule has 0 spiro atoms.